The molecule has 3 rings (SSSR count). The molecule has 27 heavy (non-hydrogen) atoms. The Bertz CT molecular complexity index is 821. The van der Waals surface area contributed by atoms with Crippen molar-refractivity contribution in [1.29, 1.82) is 0 Å². The van der Waals surface area contributed by atoms with Crippen molar-refractivity contribution in [2.45, 2.75) is 58.3 Å². The molecule has 1 aromatic carbocycles. The number of fused-ring (bicyclic) bond motifs is 1. The Hall–Kier alpha value is -2.56. The number of carbonyl (C=O) groups is 1. The molecule has 5 nitrogen and oxygen atoms in total. The van der Waals surface area contributed by atoms with Crippen molar-refractivity contribution in [2.75, 3.05) is 6.61 Å². The highest BCUT2D eigenvalue weighted by Gasteiger charge is 2.36. The number of allylic oxidation sites excluding steroid dienone is 1. The summed E-state index contributed by atoms with van der Waals surface area (Å²) in [5, 5.41) is 0. The second-order valence-electron chi connectivity index (χ2n) is 7.07. The van der Waals surface area contributed by atoms with E-state index in [1.165, 1.54) is 23.7 Å². The van der Waals surface area contributed by atoms with Gasteiger partial charge in [0.05, 0.1) is 17.9 Å². The fraction of sp³-hybridized carbons (Fsp3) is 0.455. The minimum absolute atomic E-state index is 0.318. The number of amidine groups is 1. The predicted molar refractivity (Wildman–Crippen MR) is 108 cm³/mol. The summed E-state index contributed by atoms with van der Waals surface area (Å²) in [7, 11) is 0. The Balaban J connectivity index is 2.23. The molecule has 0 saturated heterocycles. The number of hydrogen-bond donors (Lipinski definition) is 2. The van der Waals surface area contributed by atoms with E-state index in [0.29, 0.717) is 30.0 Å². The Morgan fingerprint density at radius 1 is 1.30 bits per heavy atom. The van der Waals surface area contributed by atoms with Crippen LogP contribution in [-0.4, -0.2) is 18.4 Å². The molecule has 1 heterocycles. The summed E-state index contributed by atoms with van der Waals surface area (Å²) >= 11 is 0. The summed E-state index contributed by atoms with van der Waals surface area (Å²) in [5.74, 6) is -0.247. The molecule has 0 amide bonds. The predicted octanol–water partition coefficient (Wildman–Crippen LogP) is 3.48. The lowest BCUT2D eigenvalue weighted by atomic mass is 9.75. The van der Waals surface area contributed by atoms with E-state index in [9.17, 15) is 4.79 Å². The van der Waals surface area contributed by atoms with Crippen molar-refractivity contribution in [1.82, 2.24) is 0 Å². The monoisotopic (exact) mass is 367 g/mol. The quantitative estimate of drug-likeness (QED) is 0.780. The van der Waals surface area contributed by atoms with Crippen LogP contribution in [0.4, 0.5) is 0 Å². The molecule has 1 aliphatic carbocycles. The number of nitrogens with two attached hydrogens (primary N) is 2. The van der Waals surface area contributed by atoms with E-state index in [-0.39, 0.29) is 11.9 Å². The van der Waals surface area contributed by atoms with Crippen LogP contribution in [0, 0.1) is 0 Å². The average molecular weight is 367 g/mol. The van der Waals surface area contributed by atoms with Crippen LogP contribution in [0.15, 0.2) is 46.2 Å². The maximum atomic E-state index is 12.9. The maximum absolute atomic E-state index is 12.9. The highest BCUT2D eigenvalue weighted by molar-refractivity contribution is 6.05. The van der Waals surface area contributed by atoms with E-state index >= 15 is 0 Å². The van der Waals surface area contributed by atoms with Gasteiger partial charge in [0.2, 0.25) is 0 Å². The van der Waals surface area contributed by atoms with Crippen LogP contribution in [0.2, 0.25) is 0 Å². The van der Waals surface area contributed by atoms with Crippen LogP contribution in [-0.2, 0) is 22.4 Å². The molecule has 4 N–H and O–H groups in total. The van der Waals surface area contributed by atoms with Crippen molar-refractivity contribution < 1.29 is 9.53 Å². The zero-order valence-corrected chi connectivity index (χ0v) is 16.3. The van der Waals surface area contributed by atoms with Gasteiger partial charge < -0.3 is 16.2 Å². The van der Waals surface area contributed by atoms with Crippen LogP contribution >= 0.6 is 0 Å². The van der Waals surface area contributed by atoms with Crippen molar-refractivity contribution in [3.05, 3.63) is 57.9 Å². The van der Waals surface area contributed by atoms with E-state index in [1.54, 1.807) is 0 Å². The molecule has 0 radical (unpaired) electrons. The molecule has 1 atom stereocenters. The first-order valence-corrected chi connectivity index (χ1v) is 9.89. The number of aliphatic imine (C=N–C) groups is 1. The van der Waals surface area contributed by atoms with Gasteiger partial charge in [-0.25, -0.2) is 9.79 Å². The first-order chi connectivity index (χ1) is 13.1. The molecule has 0 aromatic heterocycles. The van der Waals surface area contributed by atoms with Gasteiger partial charge in [-0.1, -0.05) is 31.5 Å². The van der Waals surface area contributed by atoms with Crippen molar-refractivity contribution in [3.8, 4) is 0 Å². The normalized spacial score (nSPS) is 21.0. The van der Waals surface area contributed by atoms with Crippen LogP contribution in [0.5, 0.6) is 0 Å². The minimum atomic E-state index is -0.324. The summed E-state index contributed by atoms with van der Waals surface area (Å²) < 4.78 is 5.41. The molecular formula is C22H29N3O2. The number of carbonyl (C=O) groups excluding carboxylic acids is 1. The number of esters is 1. The highest BCUT2D eigenvalue weighted by atomic mass is 16.5. The number of ether oxygens (including phenoxy) is 1. The number of hydrogen-bond acceptors (Lipinski definition) is 5. The number of benzene rings is 1. The van der Waals surface area contributed by atoms with Gasteiger partial charge in [-0.2, -0.15) is 0 Å². The summed E-state index contributed by atoms with van der Waals surface area (Å²) in [6.07, 6.45) is 7.48. The van der Waals surface area contributed by atoms with Gasteiger partial charge in [0, 0.05) is 17.7 Å². The first-order valence-electron chi connectivity index (χ1n) is 9.89. The Labute approximate surface area is 161 Å². The third-order valence-corrected chi connectivity index (χ3v) is 5.37. The van der Waals surface area contributed by atoms with Gasteiger partial charge in [0.1, 0.15) is 5.84 Å². The molecular weight excluding hydrogens is 338 g/mol. The molecule has 1 aliphatic heterocycles. The molecule has 144 valence electrons. The standard InChI is InChI=1S/C22H29N3O2/c1-3-8-18-20(22(26)27-4-2)19(17(13-23)21(24)25-18)16-12-7-10-14-9-5-6-11-15(14)16/h7,10,12-13,19H,3-6,8-9,11,23H2,1-2H3,(H2,24,25)/b17-13-. The van der Waals surface area contributed by atoms with Gasteiger partial charge in [-0.3, -0.25) is 0 Å². The lowest BCUT2D eigenvalue weighted by molar-refractivity contribution is -0.138. The van der Waals surface area contributed by atoms with Gasteiger partial charge in [0.15, 0.2) is 0 Å². The first kappa shape index (κ1) is 19.2. The SMILES string of the molecule is CCCC1=C(C(=O)OCC)C(c2cccc3c2CCCC3)/C(=C/N)C(N)=N1. The smallest absolute Gasteiger partial charge is 0.336 e. The highest BCUT2D eigenvalue weighted by Crippen LogP contribution is 2.42. The average Bonchev–Trinajstić information content (AvgIpc) is 2.67. The van der Waals surface area contributed by atoms with E-state index < -0.39 is 0 Å². The van der Waals surface area contributed by atoms with Gasteiger partial charge in [-0.15, -0.1) is 0 Å². The molecule has 1 unspecified atom stereocenters. The van der Waals surface area contributed by atoms with Crippen LogP contribution in [0.3, 0.4) is 0 Å². The number of aryl methyl sites for hydroxylation is 1. The zero-order valence-electron chi connectivity index (χ0n) is 16.3. The van der Waals surface area contributed by atoms with Gasteiger partial charge in [0.25, 0.3) is 0 Å². The van der Waals surface area contributed by atoms with Gasteiger partial charge in [-0.05, 0) is 55.7 Å². The maximum Gasteiger partial charge on any atom is 0.336 e. The molecule has 0 saturated carbocycles. The zero-order chi connectivity index (χ0) is 19.4. The van der Waals surface area contributed by atoms with Crippen LogP contribution < -0.4 is 11.5 Å². The Morgan fingerprint density at radius 2 is 2.07 bits per heavy atom. The minimum Gasteiger partial charge on any atom is -0.463 e. The third kappa shape index (κ3) is 3.64. The van der Waals surface area contributed by atoms with E-state index in [2.05, 4.69) is 30.1 Å². The lowest BCUT2D eigenvalue weighted by Gasteiger charge is -2.31. The van der Waals surface area contributed by atoms with Crippen LogP contribution in [0.25, 0.3) is 0 Å². The fourth-order valence-corrected chi connectivity index (χ4v) is 4.20. The summed E-state index contributed by atoms with van der Waals surface area (Å²) in [5.41, 5.74) is 18.0. The topological polar surface area (TPSA) is 90.7 Å². The summed E-state index contributed by atoms with van der Waals surface area (Å²) in [6, 6.07) is 6.35. The molecule has 1 aromatic rings. The third-order valence-electron chi connectivity index (χ3n) is 5.37. The van der Waals surface area contributed by atoms with Crippen molar-refractivity contribution in [3.63, 3.8) is 0 Å². The largest absolute Gasteiger partial charge is 0.463 e. The van der Waals surface area contributed by atoms with E-state index in [4.69, 9.17) is 16.2 Å². The summed E-state index contributed by atoms with van der Waals surface area (Å²) in [6.45, 7) is 4.20. The summed E-state index contributed by atoms with van der Waals surface area (Å²) in [4.78, 5) is 17.5. The molecule has 0 fully saturated rings. The molecule has 0 bridgehead atoms. The number of rotatable bonds is 5. The second kappa shape index (κ2) is 8.42. The second-order valence-corrected chi connectivity index (χ2v) is 7.07. The van der Waals surface area contributed by atoms with Gasteiger partial charge >= 0.3 is 5.97 Å². The molecule has 2 aliphatic rings. The van der Waals surface area contributed by atoms with E-state index in [1.807, 2.05) is 6.92 Å². The van der Waals surface area contributed by atoms with Crippen molar-refractivity contribution in [2.24, 2.45) is 16.5 Å². The number of nitrogens with zero attached hydrogens (tertiary/aromatic N) is 1. The van der Waals surface area contributed by atoms with E-state index in [0.717, 1.165) is 36.9 Å². The Morgan fingerprint density at radius 3 is 2.78 bits per heavy atom. The Kier molecular flexibility index (Phi) is 5.99. The van der Waals surface area contributed by atoms with Crippen LogP contribution in [0.1, 0.15) is 62.1 Å². The fourth-order valence-electron chi connectivity index (χ4n) is 4.20. The molecule has 5 heteroatoms. The lowest BCUT2D eigenvalue weighted by Crippen LogP contribution is -2.31. The van der Waals surface area contributed by atoms with Crippen molar-refractivity contribution >= 4 is 11.8 Å². The molecule has 0 spiro atoms.